The van der Waals surface area contributed by atoms with Crippen LogP contribution in [0.1, 0.15) is 15.9 Å². The molecule has 0 spiro atoms. The third-order valence-corrected chi connectivity index (χ3v) is 2.50. The fraction of sp³-hybridized carbons (Fsp3) is 0.231. The van der Waals surface area contributed by atoms with Crippen LogP contribution in [0.5, 0.6) is 0 Å². The number of carbonyl (C=O) groups excluding carboxylic acids is 1. The Morgan fingerprint density at radius 2 is 2.17 bits per heavy atom. The molecule has 0 fully saturated rings. The van der Waals surface area contributed by atoms with Gasteiger partial charge in [0, 0.05) is 7.05 Å². The van der Waals surface area contributed by atoms with Crippen LogP contribution in [-0.4, -0.2) is 30.8 Å². The molecule has 0 aromatic heterocycles. The summed E-state index contributed by atoms with van der Waals surface area (Å²) in [6.07, 6.45) is 0.909. The normalized spacial score (nSPS) is 9.67. The number of carbonyl (C=O) groups is 2. The van der Waals surface area contributed by atoms with Crippen molar-refractivity contribution in [2.24, 2.45) is 0 Å². The number of anilines is 1. The lowest BCUT2D eigenvalue weighted by Gasteiger charge is -2.19. The number of carboxylic acid groups (broad SMARTS) is 1. The number of carboxylic acids is 1. The molecule has 0 bridgehead atoms. The van der Waals surface area contributed by atoms with Crippen molar-refractivity contribution in [1.29, 1.82) is 0 Å². The Bertz CT molecular complexity index is 482. The van der Waals surface area contributed by atoms with Gasteiger partial charge in [0.2, 0.25) is 0 Å². The smallest absolute Gasteiger partial charge is 0.414 e. The van der Waals surface area contributed by atoms with Gasteiger partial charge < -0.3 is 9.84 Å². The van der Waals surface area contributed by atoms with E-state index in [0.29, 0.717) is 11.3 Å². The van der Waals surface area contributed by atoms with Crippen LogP contribution in [0.4, 0.5) is 10.5 Å². The molecule has 0 atom stereocenters. The molecule has 5 heteroatoms. The maximum absolute atomic E-state index is 11.6. The summed E-state index contributed by atoms with van der Waals surface area (Å²) < 4.78 is 4.88. The summed E-state index contributed by atoms with van der Waals surface area (Å²) in [4.78, 5) is 23.9. The van der Waals surface area contributed by atoms with E-state index in [1.165, 1.54) is 24.1 Å². The van der Waals surface area contributed by atoms with Gasteiger partial charge in [0.25, 0.3) is 0 Å². The summed E-state index contributed by atoms with van der Waals surface area (Å²) in [5.41, 5.74) is 1.18. The zero-order valence-corrected chi connectivity index (χ0v) is 10.3. The topological polar surface area (TPSA) is 66.8 Å². The quantitative estimate of drug-likeness (QED) is 0.832. The monoisotopic (exact) mass is 249 g/mol. The van der Waals surface area contributed by atoms with Gasteiger partial charge in [-0.1, -0.05) is 18.7 Å². The molecule has 18 heavy (non-hydrogen) atoms. The summed E-state index contributed by atoms with van der Waals surface area (Å²) in [5.74, 6) is -1.03. The molecule has 1 rings (SSSR count). The Labute approximate surface area is 105 Å². The first-order valence-corrected chi connectivity index (χ1v) is 5.33. The highest BCUT2D eigenvalue weighted by Crippen LogP contribution is 2.22. The molecule has 0 heterocycles. The standard InChI is InChI=1S/C13H15NO4/c1-4-8-18-13(17)14(3)11-7-5-6-10(9(11)2)12(15)16/h4-7H,1,8H2,2-3H3,(H,15,16). The fourth-order valence-electron chi connectivity index (χ4n) is 1.54. The minimum Gasteiger partial charge on any atom is -0.478 e. The van der Waals surface area contributed by atoms with Crippen molar-refractivity contribution in [2.75, 3.05) is 18.6 Å². The Kier molecular flexibility index (Phi) is 4.48. The van der Waals surface area contributed by atoms with E-state index in [9.17, 15) is 9.59 Å². The maximum Gasteiger partial charge on any atom is 0.414 e. The second-order valence-corrected chi connectivity index (χ2v) is 3.68. The van der Waals surface area contributed by atoms with Crippen molar-refractivity contribution in [1.82, 2.24) is 0 Å². The van der Waals surface area contributed by atoms with Gasteiger partial charge in [-0.15, -0.1) is 0 Å². The predicted molar refractivity (Wildman–Crippen MR) is 68.1 cm³/mol. The molecule has 0 unspecified atom stereocenters. The minimum absolute atomic E-state index is 0.112. The largest absolute Gasteiger partial charge is 0.478 e. The number of nitrogens with zero attached hydrogens (tertiary/aromatic N) is 1. The van der Waals surface area contributed by atoms with E-state index in [1.54, 1.807) is 19.1 Å². The lowest BCUT2D eigenvalue weighted by molar-refractivity contribution is 0.0696. The molecule has 0 saturated carbocycles. The summed E-state index contributed by atoms with van der Waals surface area (Å²) in [7, 11) is 1.53. The van der Waals surface area contributed by atoms with Crippen LogP contribution < -0.4 is 4.90 Å². The van der Waals surface area contributed by atoms with E-state index in [4.69, 9.17) is 9.84 Å². The van der Waals surface area contributed by atoms with Gasteiger partial charge in [-0.3, -0.25) is 4.90 Å². The van der Waals surface area contributed by atoms with Gasteiger partial charge in [-0.05, 0) is 24.6 Å². The summed E-state index contributed by atoms with van der Waals surface area (Å²) >= 11 is 0. The molecule has 0 aliphatic carbocycles. The first-order valence-electron chi connectivity index (χ1n) is 5.33. The Hall–Kier alpha value is -2.30. The van der Waals surface area contributed by atoms with Crippen LogP contribution in [0.2, 0.25) is 0 Å². The molecule has 0 saturated heterocycles. The van der Waals surface area contributed by atoms with Crippen LogP contribution in [0, 0.1) is 6.92 Å². The van der Waals surface area contributed by atoms with Gasteiger partial charge in [-0.25, -0.2) is 9.59 Å². The number of rotatable bonds is 4. The zero-order chi connectivity index (χ0) is 13.7. The SMILES string of the molecule is C=CCOC(=O)N(C)c1cccc(C(=O)O)c1C. The van der Waals surface area contributed by atoms with Crippen LogP contribution in [-0.2, 0) is 4.74 Å². The number of hydrogen-bond donors (Lipinski definition) is 1. The summed E-state index contributed by atoms with van der Waals surface area (Å²) in [6, 6.07) is 4.74. The number of benzene rings is 1. The second-order valence-electron chi connectivity index (χ2n) is 3.68. The second kappa shape index (κ2) is 5.86. The van der Waals surface area contributed by atoms with E-state index in [0.717, 1.165) is 0 Å². The minimum atomic E-state index is -1.03. The van der Waals surface area contributed by atoms with Gasteiger partial charge in [0.05, 0.1) is 11.3 Å². The highest BCUT2D eigenvalue weighted by molar-refractivity contribution is 5.94. The van der Waals surface area contributed by atoms with Crippen LogP contribution in [0.3, 0.4) is 0 Å². The average molecular weight is 249 g/mol. The molecule has 0 aliphatic heterocycles. The first-order chi connectivity index (χ1) is 8.49. The molecule has 1 amide bonds. The van der Waals surface area contributed by atoms with E-state index < -0.39 is 12.1 Å². The predicted octanol–water partition coefficient (Wildman–Crippen LogP) is 2.45. The van der Waals surface area contributed by atoms with Gasteiger partial charge in [-0.2, -0.15) is 0 Å². The van der Waals surface area contributed by atoms with Crippen molar-refractivity contribution < 1.29 is 19.4 Å². The van der Waals surface area contributed by atoms with Crippen molar-refractivity contribution in [2.45, 2.75) is 6.92 Å². The van der Waals surface area contributed by atoms with Crippen LogP contribution >= 0.6 is 0 Å². The van der Waals surface area contributed by atoms with Gasteiger partial charge in [0.15, 0.2) is 0 Å². The van der Waals surface area contributed by atoms with E-state index >= 15 is 0 Å². The molecule has 1 aromatic carbocycles. The summed E-state index contributed by atoms with van der Waals surface area (Å²) in [5, 5.41) is 9.00. The van der Waals surface area contributed by atoms with Crippen LogP contribution in [0.25, 0.3) is 0 Å². The molecule has 0 radical (unpaired) electrons. The number of aromatic carboxylic acids is 1. The highest BCUT2D eigenvalue weighted by atomic mass is 16.6. The highest BCUT2D eigenvalue weighted by Gasteiger charge is 2.17. The third kappa shape index (κ3) is 2.88. The molecule has 1 N–H and O–H groups in total. The van der Waals surface area contributed by atoms with Crippen molar-refractivity contribution >= 4 is 17.7 Å². The number of ether oxygens (including phenoxy) is 1. The Morgan fingerprint density at radius 1 is 1.50 bits per heavy atom. The molecule has 5 nitrogen and oxygen atoms in total. The first kappa shape index (κ1) is 13.8. The lowest BCUT2D eigenvalue weighted by Crippen LogP contribution is -2.28. The molecule has 0 aliphatic rings. The summed E-state index contributed by atoms with van der Waals surface area (Å²) in [6.45, 7) is 5.21. The van der Waals surface area contributed by atoms with Gasteiger partial charge >= 0.3 is 12.1 Å². The van der Waals surface area contributed by atoms with E-state index in [-0.39, 0.29) is 12.2 Å². The number of hydrogen-bond acceptors (Lipinski definition) is 3. The number of amides is 1. The average Bonchev–Trinajstić information content (AvgIpc) is 2.35. The fourth-order valence-corrected chi connectivity index (χ4v) is 1.54. The molecular weight excluding hydrogens is 234 g/mol. The maximum atomic E-state index is 11.6. The Balaban J connectivity index is 3.02. The van der Waals surface area contributed by atoms with Crippen LogP contribution in [0.15, 0.2) is 30.9 Å². The van der Waals surface area contributed by atoms with E-state index in [2.05, 4.69) is 6.58 Å². The molecule has 1 aromatic rings. The Morgan fingerprint density at radius 3 is 2.72 bits per heavy atom. The van der Waals surface area contributed by atoms with Crippen molar-refractivity contribution in [3.05, 3.63) is 42.0 Å². The lowest BCUT2D eigenvalue weighted by atomic mass is 10.1. The van der Waals surface area contributed by atoms with Gasteiger partial charge in [0.1, 0.15) is 6.61 Å². The molecular formula is C13H15NO4. The third-order valence-electron chi connectivity index (χ3n) is 2.50. The van der Waals surface area contributed by atoms with Crippen molar-refractivity contribution in [3.63, 3.8) is 0 Å². The van der Waals surface area contributed by atoms with Crippen molar-refractivity contribution in [3.8, 4) is 0 Å². The zero-order valence-electron chi connectivity index (χ0n) is 10.3. The van der Waals surface area contributed by atoms with E-state index in [1.807, 2.05) is 0 Å². The molecule has 96 valence electrons.